The summed E-state index contributed by atoms with van der Waals surface area (Å²) >= 11 is 0. The van der Waals surface area contributed by atoms with Gasteiger partial charge in [0.1, 0.15) is 0 Å². The van der Waals surface area contributed by atoms with Gasteiger partial charge in [0, 0.05) is 6.04 Å². The molecule has 12 heavy (non-hydrogen) atoms. The van der Waals surface area contributed by atoms with Crippen LogP contribution >= 0.6 is 0 Å². The summed E-state index contributed by atoms with van der Waals surface area (Å²) in [6.07, 6.45) is 5.58. The van der Waals surface area contributed by atoms with Crippen molar-refractivity contribution in [3.05, 3.63) is 0 Å². The Hall–Kier alpha value is -0.0400. The lowest BCUT2D eigenvalue weighted by Crippen LogP contribution is -2.39. The minimum Gasteiger partial charge on any atom is -0.314 e. The second kappa shape index (κ2) is 4.86. The van der Waals surface area contributed by atoms with Crippen molar-refractivity contribution in [2.45, 2.75) is 52.5 Å². The molecule has 1 rings (SSSR count). The molecule has 0 amide bonds. The molecule has 1 heteroatoms. The van der Waals surface area contributed by atoms with E-state index in [9.17, 15) is 0 Å². The molecule has 2 atom stereocenters. The maximum Gasteiger partial charge on any atom is 0.00927 e. The third-order valence-electron chi connectivity index (χ3n) is 2.88. The van der Waals surface area contributed by atoms with Crippen molar-refractivity contribution in [1.82, 2.24) is 5.32 Å². The van der Waals surface area contributed by atoms with Crippen LogP contribution < -0.4 is 5.32 Å². The predicted molar refractivity (Wildman–Crippen MR) is 54.3 cm³/mol. The van der Waals surface area contributed by atoms with E-state index < -0.39 is 0 Å². The summed E-state index contributed by atoms with van der Waals surface area (Å²) in [7, 11) is 0. The Balaban J connectivity index is 2.24. The molecule has 0 bridgehead atoms. The van der Waals surface area contributed by atoms with Gasteiger partial charge in [-0.25, -0.2) is 0 Å². The van der Waals surface area contributed by atoms with Gasteiger partial charge < -0.3 is 5.32 Å². The monoisotopic (exact) mass is 169 g/mol. The second-order valence-electron chi connectivity index (χ2n) is 4.66. The van der Waals surface area contributed by atoms with Gasteiger partial charge in [-0.1, -0.05) is 27.2 Å². The van der Waals surface area contributed by atoms with Crippen LogP contribution in [0.1, 0.15) is 46.5 Å². The summed E-state index contributed by atoms with van der Waals surface area (Å²) in [4.78, 5) is 0. The Morgan fingerprint density at radius 2 is 2.00 bits per heavy atom. The molecular weight excluding hydrogens is 146 g/mol. The van der Waals surface area contributed by atoms with Crippen LogP contribution in [0.15, 0.2) is 0 Å². The number of hydrogen-bond donors (Lipinski definition) is 1. The minimum absolute atomic E-state index is 0.807. The van der Waals surface area contributed by atoms with Gasteiger partial charge in [-0.2, -0.15) is 0 Å². The summed E-state index contributed by atoms with van der Waals surface area (Å²) in [5, 5.41) is 3.62. The van der Waals surface area contributed by atoms with Gasteiger partial charge in [-0.05, 0) is 37.6 Å². The Morgan fingerprint density at radius 3 is 2.50 bits per heavy atom. The molecule has 0 aromatic heterocycles. The van der Waals surface area contributed by atoms with Crippen molar-refractivity contribution < 1.29 is 0 Å². The summed E-state index contributed by atoms with van der Waals surface area (Å²) in [5.74, 6) is 1.72. The smallest absolute Gasteiger partial charge is 0.00927 e. The first kappa shape index (κ1) is 10.0. The molecule has 0 saturated carbocycles. The van der Waals surface area contributed by atoms with Gasteiger partial charge in [0.2, 0.25) is 0 Å². The highest BCUT2D eigenvalue weighted by atomic mass is 14.9. The standard InChI is InChI=1S/C11H23N/c1-9(2)8-10(3)11-6-4-5-7-12-11/h9-12H,4-8H2,1-3H3. The molecule has 0 aliphatic carbocycles. The van der Waals surface area contributed by atoms with Crippen LogP contribution in [-0.4, -0.2) is 12.6 Å². The fourth-order valence-corrected chi connectivity index (χ4v) is 2.27. The van der Waals surface area contributed by atoms with E-state index in [1.807, 2.05) is 0 Å². The highest BCUT2D eigenvalue weighted by molar-refractivity contribution is 4.77. The van der Waals surface area contributed by atoms with Crippen LogP contribution in [0.4, 0.5) is 0 Å². The van der Waals surface area contributed by atoms with Crippen molar-refractivity contribution in [3.8, 4) is 0 Å². The Morgan fingerprint density at radius 1 is 1.25 bits per heavy atom. The van der Waals surface area contributed by atoms with Crippen LogP contribution in [0.3, 0.4) is 0 Å². The van der Waals surface area contributed by atoms with Crippen LogP contribution in [0.2, 0.25) is 0 Å². The van der Waals surface area contributed by atoms with E-state index in [2.05, 4.69) is 26.1 Å². The normalized spacial score (nSPS) is 27.5. The van der Waals surface area contributed by atoms with Crippen LogP contribution in [0, 0.1) is 11.8 Å². The highest BCUT2D eigenvalue weighted by Crippen LogP contribution is 2.20. The first-order chi connectivity index (χ1) is 5.70. The van der Waals surface area contributed by atoms with Crippen molar-refractivity contribution in [3.63, 3.8) is 0 Å². The third-order valence-corrected chi connectivity index (χ3v) is 2.88. The van der Waals surface area contributed by atoms with Gasteiger partial charge in [0.05, 0.1) is 0 Å². The lowest BCUT2D eigenvalue weighted by molar-refractivity contribution is 0.276. The van der Waals surface area contributed by atoms with Gasteiger partial charge in [-0.3, -0.25) is 0 Å². The molecule has 1 aliphatic rings. The first-order valence-corrected chi connectivity index (χ1v) is 5.43. The van der Waals surface area contributed by atoms with E-state index in [4.69, 9.17) is 0 Å². The van der Waals surface area contributed by atoms with E-state index >= 15 is 0 Å². The molecule has 1 saturated heterocycles. The van der Waals surface area contributed by atoms with Crippen molar-refractivity contribution in [2.24, 2.45) is 11.8 Å². The fourth-order valence-electron chi connectivity index (χ4n) is 2.27. The molecule has 1 N–H and O–H groups in total. The zero-order valence-corrected chi connectivity index (χ0v) is 8.77. The van der Waals surface area contributed by atoms with Crippen LogP contribution in [0.25, 0.3) is 0 Å². The van der Waals surface area contributed by atoms with Gasteiger partial charge in [-0.15, -0.1) is 0 Å². The minimum atomic E-state index is 0.807. The van der Waals surface area contributed by atoms with Gasteiger partial charge >= 0.3 is 0 Å². The van der Waals surface area contributed by atoms with E-state index in [0.717, 1.165) is 17.9 Å². The lowest BCUT2D eigenvalue weighted by atomic mass is 9.87. The van der Waals surface area contributed by atoms with Gasteiger partial charge in [0.15, 0.2) is 0 Å². The number of rotatable bonds is 3. The maximum absolute atomic E-state index is 3.62. The number of nitrogens with one attached hydrogen (secondary N) is 1. The van der Waals surface area contributed by atoms with E-state index in [0.29, 0.717) is 0 Å². The molecule has 1 fully saturated rings. The third kappa shape index (κ3) is 3.14. The maximum atomic E-state index is 3.62. The topological polar surface area (TPSA) is 12.0 Å². The van der Waals surface area contributed by atoms with Crippen molar-refractivity contribution in [2.75, 3.05) is 6.54 Å². The quantitative estimate of drug-likeness (QED) is 0.685. The number of hydrogen-bond acceptors (Lipinski definition) is 1. The Bertz CT molecular complexity index is 114. The summed E-state index contributed by atoms with van der Waals surface area (Å²) < 4.78 is 0. The second-order valence-corrected chi connectivity index (χ2v) is 4.66. The predicted octanol–water partition coefficient (Wildman–Crippen LogP) is 2.81. The van der Waals surface area contributed by atoms with Crippen molar-refractivity contribution in [1.29, 1.82) is 0 Å². The summed E-state index contributed by atoms with van der Waals surface area (Å²) in [5.41, 5.74) is 0. The lowest BCUT2D eigenvalue weighted by Gasteiger charge is -2.30. The molecule has 1 nitrogen and oxygen atoms in total. The highest BCUT2D eigenvalue weighted by Gasteiger charge is 2.19. The molecule has 0 aromatic carbocycles. The Labute approximate surface area is 76.9 Å². The average Bonchev–Trinajstić information content (AvgIpc) is 2.05. The molecule has 1 aliphatic heterocycles. The summed E-state index contributed by atoms with van der Waals surface area (Å²) in [6.45, 7) is 8.27. The first-order valence-electron chi connectivity index (χ1n) is 5.43. The van der Waals surface area contributed by atoms with Crippen molar-refractivity contribution >= 4 is 0 Å². The molecule has 0 spiro atoms. The molecule has 2 unspecified atom stereocenters. The fraction of sp³-hybridized carbons (Fsp3) is 1.00. The number of piperidine rings is 1. The van der Waals surface area contributed by atoms with Gasteiger partial charge in [0.25, 0.3) is 0 Å². The summed E-state index contributed by atoms with van der Waals surface area (Å²) in [6, 6.07) is 0.807. The molecular formula is C11H23N. The molecule has 72 valence electrons. The van der Waals surface area contributed by atoms with E-state index in [1.165, 1.54) is 32.2 Å². The average molecular weight is 169 g/mol. The SMILES string of the molecule is CC(C)CC(C)C1CCCCN1. The van der Waals surface area contributed by atoms with Crippen LogP contribution in [-0.2, 0) is 0 Å². The molecule has 0 aromatic rings. The molecule has 0 radical (unpaired) electrons. The van der Waals surface area contributed by atoms with Crippen LogP contribution in [0.5, 0.6) is 0 Å². The van der Waals surface area contributed by atoms with E-state index in [-0.39, 0.29) is 0 Å². The zero-order valence-electron chi connectivity index (χ0n) is 8.77. The Kier molecular flexibility index (Phi) is 4.07. The van der Waals surface area contributed by atoms with E-state index in [1.54, 1.807) is 0 Å². The largest absolute Gasteiger partial charge is 0.314 e. The zero-order chi connectivity index (χ0) is 8.97. The molecule has 1 heterocycles.